The molecule has 6 nitrogen and oxygen atoms in total. The lowest BCUT2D eigenvalue weighted by Crippen LogP contribution is -2.15. The second-order valence-electron chi connectivity index (χ2n) is 3.32. The third-order valence-electron chi connectivity index (χ3n) is 1.85. The van der Waals surface area contributed by atoms with Gasteiger partial charge in [-0.05, 0) is 18.9 Å². The Balaban J connectivity index is 3.08. The quantitative estimate of drug-likeness (QED) is 0.225. The molecule has 0 aromatic heterocycles. The van der Waals surface area contributed by atoms with E-state index in [0.29, 0.717) is 6.42 Å². The minimum Gasteiger partial charge on any atom is -0.478 e. The average Bonchev–Trinajstić information content (AvgIpc) is 2.31. The summed E-state index contributed by atoms with van der Waals surface area (Å²) in [6, 6.07) is 0.976. The van der Waals surface area contributed by atoms with Crippen molar-refractivity contribution in [2.45, 2.75) is 18.9 Å². The zero-order valence-electron chi connectivity index (χ0n) is 10.1. The standard InChI is InChI=1S/C6H20O6Si5/c1-5(6(7)8)3-2-4-14-10-16-12-17-11-15-9-13/h1-4,14-17H2,13H3,(H,7,8). The van der Waals surface area contributed by atoms with Crippen LogP contribution in [-0.4, -0.2) is 61.3 Å². The second-order valence-corrected chi connectivity index (χ2v) is 12.4. The number of aliphatic carboxylic acids is 1. The molecule has 1 N–H and O–H groups in total. The van der Waals surface area contributed by atoms with E-state index in [9.17, 15) is 4.79 Å². The van der Waals surface area contributed by atoms with Crippen LogP contribution in [0.15, 0.2) is 12.2 Å². The molecule has 0 aromatic rings. The molecule has 0 rings (SSSR count). The summed E-state index contributed by atoms with van der Waals surface area (Å²) < 4.78 is 21.0. The third kappa shape index (κ3) is 12.4. The summed E-state index contributed by atoms with van der Waals surface area (Å²) in [5.74, 6) is -0.904. The Hall–Kier alpha value is 0.134. The zero-order valence-corrected chi connectivity index (χ0v) is 17.8. The van der Waals surface area contributed by atoms with Crippen molar-refractivity contribution < 1.29 is 26.4 Å². The molecule has 0 saturated heterocycles. The molecule has 0 atom stereocenters. The fourth-order valence-electron chi connectivity index (χ4n) is 0.978. The summed E-state index contributed by atoms with van der Waals surface area (Å²) in [6.07, 6.45) is 1.40. The lowest BCUT2D eigenvalue weighted by Gasteiger charge is -2.05. The molecular formula is C6H20O6Si5. The zero-order chi connectivity index (χ0) is 12.9. The second kappa shape index (κ2) is 12.6. The molecule has 0 radical (unpaired) electrons. The fourth-order valence-corrected chi connectivity index (χ4v) is 8.49. The maximum absolute atomic E-state index is 10.4. The molecule has 100 valence electrons. The smallest absolute Gasteiger partial charge is 0.330 e. The van der Waals surface area contributed by atoms with Crippen LogP contribution in [0.1, 0.15) is 12.8 Å². The Morgan fingerprint density at radius 2 is 1.88 bits per heavy atom. The van der Waals surface area contributed by atoms with Crippen molar-refractivity contribution in [1.82, 2.24) is 0 Å². The van der Waals surface area contributed by atoms with E-state index >= 15 is 0 Å². The van der Waals surface area contributed by atoms with Gasteiger partial charge in [0, 0.05) is 5.57 Å². The van der Waals surface area contributed by atoms with Crippen LogP contribution in [0.3, 0.4) is 0 Å². The first-order valence-corrected chi connectivity index (χ1v) is 11.2. The highest BCUT2D eigenvalue weighted by Gasteiger charge is 2.02. The number of hydrogen-bond donors (Lipinski definition) is 1. The van der Waals surface area contributed by atoms with E-state index in [2.05, 4.69) is 6.58 Å². The lowest BCUT2D eigenvalue weighted by molar-refractivity contribution is -0.132. The minimum absolute atomic E-state index is 0.279. The SMILES string of the molecule is C=C(CCC[SiH2]O[SiH2]O[SiH2]O[SiH2]O[SiH3])C(=O)O. The van der Waals surface area contributed by atoms with Crippen molar-refractivity contribution in [3.63, 3.8) is 0 Å². The lowest BCUT2D eigenvalue weighted by atomic mass is 10.2. The number of carboxylic acids is 1. The summed E-state index contributed by atoms with van der Waals surface area (Å²) in [7, 11) is -2.20. The van der Waals surface area contributed by atoms with Crippen molar-refractivity contribution in [3.05, 3.63) is 12.2 Å². The Morgan fingerprint density at radius 3 is 2.53 bits per heavy atom. The Kier molecular flexibility index (Phi) is 12.7. The maximum Gasteiger partial charge on any atom is 0.330 e. The van der Waals surface area contributed by atoms with Crippen molar-refractivity contribution in [2.75, 3.05) is 0 Å². The van der Waals surface area contributed by atoms with Gasteiger partial charge < -0.3 is 21.6 Å². The van der Waals surface area contributed by atoms with E-state index in [1.807, 2.05) is 0 Å². The van der Waals surface area contributed by atoms with Crippen LogP contribution in [0.5, 0.6) is 0 Å². The normalized spacial score (nSPS) is 13.4. The largest absolute Gasteiger partial charge is 0.478 e. The van der Waals surface area contributed by atoms with E-state index in [1.165, 1.54) is 0 Å². The Morgan fingerprint density at radius 1 is 1.24 bits per heavy atom. The number of hydrogen-bond acceptors (Lipinski definition) is 5. The molecule has 0 heterocycles. The first-order chi connectivity index (χ1) is 8.18. The molecule has 0 saturated carbocycles. The monoisotopic (exact) mass is 328 g/mol. The summed E-state index contributed by atoms with van der Waals surface area (Å²) in [5.41, 5.74) is 0.279. The molecule has 0 spiro atoms. The minimum atomic E-state index is -0.904. The fraction of sp³-hybridized carbons (Fsp3) is 0.500. The van der Waals surface area contributed by atoms with Gasteiger partial charge in [-0.3, -0.25) is 0 Å². The van der Waals surface area contributed by atoms with Crippen LogP contribution in [0, 0.1) is 0 Å². The van der Waals surface area contributed by atoms with Crippen LogP contribution >= 0.6 is 0 Å². The van der Waals surface area contributed by atoms with Crippen LogP contribution in [0.4, 0.5) is 0 Å². The first-order valence-electron chi connectivity index (χ1n) is 5.31. The molecule has 0 aliphatic rings. The van der Waals surface area contributed by atoms with Crippen LogP contribution < -0.4 is 0 Å². The van der Waals surface area contributed by atoms with E-state index < -0.39 is 45.8 Å². The van der Waals surface area contributed by atoms with Gasteiger partial charge in [0.25, 0.3) is 30.0 Å². The number of rotatable bonds is 12. The number of carboxylic acid groups (broad SMARTS) is 1. The Labute approximate surface area is 114 Å². The average molecular weight is 329 g/mol. The van der Waals surface area contributed by atoms with Gasteiger partial charge in [-0.25, -0.2) is 4.79 Å². The van der Waals surface area contributed by atoms with Crippen LogP contribution in [-0.2, 0) is 21.3 Å². The molecule has 0 unspecified atom stereocenters. The van der Waals surface area contributed by atoms with Gasteiger partial charge in [0.15, 0.2) is 0 Å². The Bertz CT molecular complexity index is 227. The molecule has 17 heavy (non-hydrogen) atoms. The van der Waals surface area contributed by atoms with Crippen LogP contribution in [0.2, 0.25) is 6.04 Å². The molecular weight excluding hydrogens is 308 g/mol. The number of carbonyl (C=O) groups is 1. The molecule has 0 aromatic carbocycles. The molecule has 11 heteroatoms. The van der Waals surface area contributed by atoms with Crippen molar-refractivity contribution in [3.8, 4) is 0 Å². The van der Waals surface area contributed by atoms with Gasteiger partial charge in [0.05, 0.1) is 0 Å². The van der Waals surface area contributed by atoms with Gasteiger partial charge >= 0.3 is 5.97 Å². The maximum atomic E-state index is 10.4. The van der Waals surface area contributed by atoms with Crippen molar-refractivity contribution >= 4 is 56.2 Å². The predicted molar refractivity (Wildman–Crippen MR) is 79.3 cm³/mol. The van der Waals surface area contributed by atoms with Gasteiger partial charge in [-0.15, -0.1) is 0 Å². The van der Waals surface area contributed by atoms with Crippen molar-refractivity contribution in [2.24, 2.45) is 0 Å². The summed E-state index contributed by atoms with van der Waals surface area (Å²) in [6.45, 7) is 3.47. The van der Waals surface area contributed by atoms with E-state index in [-0.39, 0.29) is 5.57 Å². The topological polar surface area (TPSA) is 74.2 Å². The van der Waals surface area contributed by atoms with Gasteiger partial charge in [-0.2, -0.15) is 0 Å². The summed E-state index contributed by atoms with van der Waals surface area (Å²) in [4.78, 5) is 10.4. The first kappa shape index (κ1) is 17.1. The van der Waals surface area contributed by atoms with E-state index in [4.69, 9.17) is 21.6 Å². The molecule has 0 amide bonds. The van der Waals surface area contributed by atoms with Gasteiger partial charge in [0.1, 0.15) is 20.2 Å². The molecule has 0 aliphatic carbocycles. The van der Waals surface area contributed by atoms with Crippen LogP contribution in [0.25, 0.3) is 0 Å². The highest BCUT2D eigenvalue weighted by molar-refractivity contribution is 6.46. The predicted octanol–water partition coefficient (Wildman–Crippen LogP) is -3.75. The molecule has 0 bridgehead atoms. The third-order valence-corrected chi connectivity index (χ3v) is 8.07. The molecule has 0 aliphatic heterocycles. The molecule has 0 fully saturated rings. The highest BCUT2D eigenvalue weighted by Crippen LogP contribution is 2.04. The van der Waals surface area contributed by atoms with E-state index in [0.717, 1.165) is 23.0 Å². The van der Waals surface area contributed by atoms with E-state index in [1.54, 1.807) is 0 Å². The van der Waals surface area contributed by atoms with Gasteiger partial charge in [-0.1, -0.05) is 6.58 Å². The highest BCUT2D eigenvalue weighted by atomic mass is 28.4. The summed E-state index contributed by atoms with van der Waals surface area (Å²) in [5, 5.41) is 8.58. The summed E-state index contributed by atoms with van der Waals surface area (Å²) >= 11 is 0. The van der Waals surface area contributed by atoms with Gasteiger partial charge in [0.2, 0.25) is 0 Å². The van der Waals surface area contributed by atoms with Crippen molar-refractivity contribution in [1.29, 1.82) is 0 Å².